The third-order valence-electron chi connectivity index (χ3n) is 3.46. The van der Waals surface area contributed by atoms with Crippen LogP contribution in [-0.4, -0.2) is 33.5 Å². The first-order chi connectivity index (χ1) is 11.1. The smallest absolute Gasteiger partial charge is 0.338 e. The Hall–Kier alpha value is -2.50. The number of aromatic nitrogens is 2. The van der Waals surface area contributed by atoms with Crippen molar-refractivity contribution in [1.29, 1.82) is 0 Å². The van der Waals surface area contributed by atoms with Crippen LogP contribution in [0.3, 0.4) is 0 Å². The van der Waals surface area contributed by atoms with Gasteiger partial charge in [-0.3, -0.25) is 4.79 Å². The van der Waals surface area contributed by atoms with Crippen LogP contribution in [0.5, 0.6) is 0 Å². The number of carbonyl (C=O) groups excluding carboxylic acids is 2. The van der Waals surface area contributed by atoms with Gasteiger partial charge in [0.2, 0.25) is 0 Å². The van der Waals surface area contributed by atoms with E-state index in [2.05, 4.69) is 15.3 Å². The Morgan fingerprint density at radius 1 is 1.08 bits per heavy atom. The van der Waals surface area contributed by atoms with Crippen molar-refractivity contribution in [3.8, 4) is 0 Å². The summed E-state index contributed by atoms with van der Waals surface area (Å²) in [7, 11) is 0. The molecule has 2 rings (SSSR count). The van der Waals surface area contributed by atoms with Gasteiger partial charge in [0.15, 0.2) is 6.10 Å². The highest BCUT2D eigenvalue weighted by Crippen LogP contribution is 2.16. The van der Waals surface area contributed by atoms with Crippen molar-refractivity contribution in [2.24, 2.45) is 0 Å². The van der Waals surface area contributed by atoms with Gasteiger partial charge in [0.05, 0.1) is 28.0 Å². The quantitative estimate of drug-likeness (QED) is 0.876. The molecule has 0 saturated heterocycles. The molecular formula is C18H23N3O3. The minimum atomic E-state index is -0.877. The first-order valence-electron chi connectivity index (χ1n) is 7.85. The maximum Gasteiger partial charge on any atom is 0.338 e. The fourth-order valence-electron chi connectivity index (χ4n) is 2.11. The number of carbonyl (C=O) groups is 2. The van der Waals surface area contributed by atoms with Crippen LogP contribution in [0.15, 0.2) is 18.2 Å². The lowest BCUT2D eigenvalue weighted by Crippen LogP contribution is -2.46. The molecule has 2 aromatic rings. The number of ether oxygens (including phenoxy) is 1. The molecule has 1 atom stereocenters. The summed E-state index contributed by atoms with van der Waals surface area (Å²) in [5.74, 6) is -0.892. The van der Waals surface area contributed by atoms with Gasteiger partial charge >= 0.3 is 5.97 Å². The summed E-state index contributed by atoms with van der Waals surface area (Å²) in [6, 6.07) is 4.99. The van der Waals surface area contributed by atoms with Gasteiger partial charge < -0.3 is 10.1 Å². The number of nitrogens with one attached hydrogen (secondary N) is 1. The number of aryl methyl sites for hydroxylation is 2. The van der Waals surface area contributed by atoms with Gasteiger partial charge in [0, 0.05) is 5.54 Å². The number of esters is 1. The molecule has 1 N–H and O–H groups in total. The molecule has 6 heteroatoms. The van der Waals surface area contributed by atoms with Crippen molar-refractivity contribution < 1.29 is 14.3 Å². The molecule has 0 bridgehead atoms. The number of benzene rings is 1. The van der Waals surface area contributed by atoms with Gasteiger partial charge in [-0.05, 0) is 59.7 Å². The van der Waals surface area contributed by atoms with Crippen molar-refractivity contribution in [3.63, 3.8) is 0 Å². The molecule has 1 aromatic heterocycles. The summed E-state index contributed by atoms with van der Waals surface area (Å²) >= 11 is 0. The molecule has 1 aromatic carbocycles. The van der Waals surface area contributed by atoms with E-state index < -0.39 is 12.1 Å². The monoisotopic (exact) mass is 329 g/mol. The summed E-state index contributed by atoms with van der Waals surface area (Å²) in [6.07, 6.45) is -0.877. The fourth-order valence-corrected chi connectivity index (χ4v) is 2.11. The Morgan fingerprint density at radius 2 is 1.67 bits per heavy atom. The molecule has 1 unspecified atom stereocenters. The first kappa shape index (κ1) is 17.8. The fraction of sp³-hybridized carbons (Fsp3) is 0.444. The van der Waals surface area contributed by atoms with Crippen LogP contribution in [0.4, 0.5) is 0 Å². The summed E-state index contributed by atoms with van der Waals surface area (Å²) in [5, 5.41) is 2.78. The lowest BCUT2D eigenvalue weighted by Gasteiger charge is -2.23. The van der Waals surface area contributed by atoms with Crippen LogP contribution in [-0.2, 0) is 9.53 Å². The highest BCUT2D eigenvalue weighted by Gasteiger charge is 2.23. The topological polar surface area (TPSA) is 81.2 Å². The van der Waals surface area contributed by atoms with E-state index in [1.807, 2.05) is 34.6 Å². The molecule has 0 aliphatic heterocycles. The zero-order valence-corrected chi connectivity index (χ0v) is 14.9. The Morgan fingerprint density at radius 3 is 2.25 bits per heavy atom. The molecule has 1 heterocycles. The molecule has 0 spiro atoms. The van der Waals surface area contributed by atoms with E-state index in [0.717, 1.165) is 11.4 Å². The van der Waals surface area contributed by atoms with Crippen LogP contribution < -0.4 is 5.32 Å². The molecule has 0 aliphatic carbocycles. The first-order valence-corrected chi connectivity index (χ1v) is 7.85. The molecule has 0 aliphatic rings. The van der Waals surface area contributed by atoms with E-state index in [1.165, 1.54) is 0 Å². The maximum absolute atomic E-state index is 12.3. The minimum absolute atomic E-state index is 0.331. The number of amides is 1. The average Bonchev–Trinajstić information content (AvgIpc) is 2.46. The maximum atomic E-state index is 12.3. The van der Waals surface area contributed by atoms with Gasteiger partial charge in [0.1, 0.15) is 0 Å². The van der Waals surface area contributed by atoms with E-state index in [1.54, 1.807) is 25.1 Å². The van der Waals surface area contributed by atoms with E-state index >= 15 is 0 Å². The van der Waals surface area contributed by atoms with Crippen LogP contribution in [0, 0.1) is 13.8 Å². The zero-order valence-electron chi connectivity index (χ0n) is 14.9. The molecule has 1 amide bonds. The summed E-state index contributed by atoms with van der Waals surface area (Å²) in [6.45, 7) is 10.9. The molecule has 0 saturated carbocycles. The summed E-state index contributed by atoms with van der Waals surface area (Å²) < 4.78 is 5.25. The van der Waals surface area contributed by atoms with Crippen molar-refractivity contribution >= 4 is 22.9 Å². The second-order valence-electron chi connectivity index (χ2n) is 6.88. The Balaban J connectivity index is 2.16. The van der Waals surface area contributed by atoms with Crippen molar-refractivity contribution in [2.75, 3.05) is 0 Å². The van der Waals surface area contributed by atoms with Gasteiger partial charge in [-0.15, -0.1) is 0 Å². The number of hydrogen-bond acceptors (Lipinski definition) is 5. The Bertz CT molecular complexity index is 794. The van der Waals surface area contributed by atoms with E-state index in [9.17, 15) is 9.59 Å². The molecule has 128 valence electrons. The zero-order chi connectivity index (χ0) is 18.1. The second-order valence-corrected chi connectivity index (χ2v) is 6.88. The van der Waals surface area contributed by atoms with E-state index in [0.29, 0.717) is 16.6 Å². The van der Waals surface area contributed by atoms with Crippen LogP contribution in [0.2, 0.25) is 0 Å². The van der Waals surface area contributed by atoms with Gasteiger partial charge in [-0.25, -0.2) is 14.8 Å². The number of nitrogens with zero attached hydrogens (tertiary/aromatic N) is 2. The van der Waals surface area contributed by atoms with Crippen LogP contribution in [0.25, 0.3) is 11.0 Å². The van der Waals surface area contributed by atoms with Gasteiger partial charge in [-0.1, -0.05) is 0 Å². The van der Waals surface area contributed by atoms with Crippen molar-refractivity contribution in [2.45, 2.75) is 53.2 Å². The normalized spacial score (nSPS) is 12.8. The number of fused-ring (bicyclic) bond motifs is 1. The van der Waals surface area contributed by atoms with Crippen molar-refractivity contribution in [3.05, 3.63) is 35.2 Å². The second kappa shape index (κ2) is 6.55. The summed E-state index contributed by atoms with van der Waals surface area (Å²) in [5.41, 5.74) is 2.96. The largest absolute Gasteiger partial charge is 0.449 e. The minimum Gasteiger partial charge on any atom is -0.449 e. The van der Waals surface area contributed by atoms with Gasteiger partial charge in [0.25, 0.3) is 5.91 Å². The van der Waals surface area contributed by atoms with Crippen molar-refractivity contribution in [1.82, 2.24) is 15.3 Å². The highest BCUT2D eigenvalue weighted by atomic mass is 16.5. The number of hydrogen-bond donors (Lipinski definition) is 1. The third-order valence-corrected chi connectivity index (χ3v) is 3.46. The lowest BCUT2D eigenvalue weighted by molar-refractivity contribution is -0.130. The van der Waals surface area contributed by atoms with Gasteiger partial charge in [-0.2, -0.15) is 0 Å². The van der Waals surface area contributed by atoms with E-state index in [-0.39, 0.29) is 11.4 Å². The number of rotatable bonds is 3. The lowest BCUT2D eigenvalue weighted by atomic mass is 10.1. The molecular weight excluding hydrogens is 306 g/mol. The Kier molecular flexibility index (Phi) is 4.87. The molecule has 6 nitrogen and oxygen atoms in total. The van der Waals surface area contributed by atoms with Crippen LogP contribution >= 0.6 is 0 Å². The molecule has 0 fully saturated rings. The standard InChI is InChI=1S/C18H23N3O3/c1-10-11(2)20-15-9-13(7-8-14(15)19-10)17(23)24-12(3)16(22)21-18(4,5)6/h7-9,12H,1-6H3,(H,21,22). The molecule has 0 radical (unpaired) electrons. The molecule has 24 heavy (non-hydrogen) atoms. The predicted octanol–water partition coefficient (Wildman–Crippen LogP) is 2.71. The highest BCUT2D eigenvalue weighted by molar-refractivity contribution is 5.95. The third kappa shape index (κ3) is 4.28. The summed E-state index contributed by atoms with van der Waals surface area (Å²) in [4.78, 5) is 33.1. The predicted molar refractivity (Wildman–Crippen MR) is 91.8 cm³/mol. The average molecular weight is 329 g/mol. The Labute approximate surface area is 141 Å². The van der Waals surface area contributed by atoms with E-state index in [4.69, 9.17) is 4.74 Å². The SMILES string of the molecule is Cc1nc2ccc(C(=O)OC(C)C(=O)NC(C)(C)C)cc2nc1C. The van der Waals surface area contributed by atoms with Crippen LogP contribution in [0.1, 0.15) is 49.4 Å².